The Morgan fingerprint density at radius 3 is 2.70 bits per heavy atom. The number of H-pyrrole nitrogens is 1. The maximum Gasteiger partial charge on any atom is 0.321 e. The molecule has 1 saturated carbocycles. The molecule has 1 heterocycles. The first-order chi connectivity index (χ1) is 13.2. The van der Waals surface area contributed by atoms with Crippen LogP contribution < -0.4 is 10.6 Å². The van der Waals surface area contributed by atoms with E-state index >= 15 is 0 Å². The van der Waals surface area contributed by atoms with Crippen molar-refractivity contribution in [1.82, 2.24) is 25.8 Å². The Kier molecular flexibility index (Phi) is 7.04. The maximum absolute atomic E-state index is 11.9. The van der Waals surface area contributed by atoms with Gasteiger partial charge in [0.15, 0.2) is 0 Å². The third-order valence-electron chi connectivity index (χ3n) is 4.24. The summed E-state index contributed by atoms with van der Waals surface area (Å²) in [5.41, 5.74) is 1.06. The van der Waals surface area contributed by atoms with Crippen LogP contribution in [-0.2, 0) is 4.79 Å². The number of thioether (sulfide) groups is 1. The van der Waals surface area contributed by atoms with E-state index in [1.807, 2.05) is 42.5 Å². The number of urea groups is 1. The summed E-state index contributed by atoms with van der Waals surface area (Å²) in [7, 11) is 0. The van der Waals surface area contributed by atoms with Gasteiger partial charge in [-0.3, -0.25) is 15.2 Å². The lowest BCUT2D eigenvalue weighted by atomic mass is 9.96. The van der Waals surface area contributed by atoms with Crippen molar-refractivity contribution >= 4 is 35.9 Å². The standard InChI is InChI=1S/C19H23N5O2S/c25-17(22-18(26)20-15-9-5-2-6-10-15)13-27-19-21-16(23-24-19)12-11-14-7-3-1-4-8-14/h1,3-4,7-8,11-12,15H,2,5-6,9-10,13H2,(H,21,23,24)(H2,20,22,25,26)/b12-11+. The van der Waals surface area contributed by atoms with Crippen molar-refractivity contribution in [2.45, 2.75) is 43.3 Å². The number of nitrogens with one attached hydrogen (secondary N) is 3. The molecule has 3 amide bonds. The highest BCUT2D eigenvalue weighted by Crippen LogP contribution is 2.17. The molecule has 1 aromatic carbocycles. The molecule has 1 aliphatic rings. The second-order valence-corrected chi connectivity index (χ2v) is 7.33. The van der Waals surface area contributed by atoms with Crippen molar-refractivity contribution in [2.75, 3.05) is 5.75 Å². The van der Waals surface area contributed by atoms with E-state index in [2.05, 4.69) is 25.8 Å². The van der Waals surface area contributed by atoms with Crippen LogP contribution in [0.4, 0.5) is 4.79 Å². The normalized spacial score (nSPS) is 15.0. The summed E-state index contributed by atoms with van der Waals surface area (Å²) in [5, 5.41) is 12.6. The molecule has 3 N–H and O–H groups in total. The summed E-state index contributed by atoms with van der Waals surface area (Å²) >= 11 is 1.18. The topological polar surface area (TPSA) is 99.8 Å². The molecule has 0 spiro atoms. The van der Waals surface area contributed by atoms with Crippen LogP contribution in [0.1, 0.15) is 43.5 Å². The highest BCUT2D eigenvalue weighted by atomic mass is 32.2. The van der Waals surface area contributed by atoms with Crippen molar-refractivity contribution in [3.63, 3.8) is 0 Å². The van der Waals surface area contributed by atoms with Gasteiger partial charge in [0.2, 0.25) is 11.1 Å². The molecule has 0 unspecified atom stereocenters. The Bertz CT molecular complexity index is 784. The Morgan fingerprint density at radius 1 is 1.15 bits per heavy atom. The molecular formula is C19H23N5O2S. The van der Waals surface area contributed by atoms with Gasteiger partial charge in [-0.2, -0.15) is 0 Å². The van der Waals surface area contributed by atoms with E-state index in [4.69, 9.17) is 0 Å². The number of rotatable bonds is 6. The van der Waals surface area contributed by atoms with Crippen molar-refractivity contribution < 1.29 is 9.59 Å². The number of aromatic amines is 1. The van der Waals surface area contributed by atoms with Crippen LogP contribution in [0.2, 0.25) is 0 Å². The van der Waals surface area contributed by atoms with Gasteiger partial charge < -0.3 is 5.32 Å². The van der Waals surface area contributed by atoms with Crippen LogP contribution in [0.25, 0.3) is 12.2 Å². The van der Waals surface area contributed by atoms with Crippen LogP contribution in [0.3, 0.4) is 0 Å². The summed E-state index contributed by atoms with van der Waals surface area (Å²) in [6.07, 6.45) is 9.18. The number of aromatic nitrogens is 3. The van der Waals surface area contributed by atoms with Crippen molar-refractivity contribution in [1.29, 1.82) is 0 Å². The largest absolute Gasteiger partial charge is 0.335 e. The molecular weight excluding hydrogens is 362 g/mol. The first-order valence-corrected chi connectivity index (χ1v) is 10.1. The number of benzene rings is 1. The summed E-state index contributed by atoms with van der Waals surface area (Å²) in [6.45, 7) is 0. The minimum atomic E-state index is -0.422. The van der Waals surface area contributed by atoms with Crippen LogP contribution in [0, 0.1) is 0 Å². The lowest BCUT2D eigenvalue weighted by molar-refractivity contribution is -0.117. The minimum Gasteiger partial charge on any atom is -0.335 e. The number of imide groups is 1. The first-order valence-electron chi connectivity index (χ1n) is 9.08. The smallest absolute Gasteiger partial charge is 0.321 e. The first kappa shape index (κ1) is 19.2. The molecule has 0 aliphatic heterocycles. The molecule has 3 rings (SSSR count). The van der Waals surface area contributed by atoms with E-state index in [0.29, 0.717) is 11.0 Å². The van der Waals surface area contributed by atoms with Crippen LogP contribution in [0.5, 0.6) is 0 Å². The highest BCUT2D eigenvalue weighted by Gasteiger charge is 2.17. The van der Waals surface area contributed by atoms with Gasteiger partial charge in [-0.15, -0.1) is 5.10 Å². The summed E-state index contributed by atoms with van der Waals surface area (Å²) in [6, 6.07) is 9.62. The van der Waals surface area contributed by atoms with Crippen molar-refractivity contribution in [2.24, 2.45) is 0 Å². The number of hydrogen-bond acceptors (Lipinski definition) is 5. The molecule has 7 nitrogen and oxygen atoms in total. The second-order valence-electron chi connectivity index (χ2n) is 6.39. The fourth-order valence-electron chi connectivity index (χ4n) is 2.90. The third-order valence-corrected chi connectivity index (χ3v) is 5.09. The summed E-state index contributed by atoms with van der Waals surface area (Å²) < 4.78 is 0. The highest BCUT2D eigenvalue weighted by molar-refractivity contribution is 7.99. The Hall–Kier alpha value is -2.61. The van der Waals surface area contributed by atoms with Gasteiger partial charge in [0.1, 0.15) is 5.82 Å². The lowest BCUT2D eigenvalue weighted by Gasteiger charge is -2.22. The monoisotopic (exact) mass is 385 g/mol. The van der Waals surface area contributed by atoms with Gasteiger partial charge in [-0.25, -0.2) is 9.78 Å². The zero-order valence-corrected chi connectivity index (χ0v) is 15.8. The minimum absolute atomic E-state index is 0.0811. The molecule has 142 valence electrons. The number of nitrogens with zero attached hydrogens (tertiary/aromatic N) is 2. The van der Waals surface area contributed by atoms with Gasteiger partial charge in [0.25, 0.3) is 0 Å². The average molecular weight is 385 g/mol. The Labute approximate surface area is 162 Å². The van der Waals surface area contributed by atoms with E-state index in [1.165, 1.54) is 18.2 Å². The molecule has 8 heteroatoms. The molecule has 0 radical (unpaired) electrons. The Balaban J connectivity index is 1.40. The van der Waals surface area contributed by atoms with Crippen molar-refractivity contribution in [3.05, 3.63) is 41.7 Å². The van der Waals surface area contributed by atoms with E-state index in [9.17, 15) is 9.59 Å². The van der Waals surface area contributed by atoms with Crippen LogP contribution in [0.15, 0.2) is 35.5 Å². The lowest BCUT2D eigenvalue weighted by Crippen LogP contribution is -2.45. The fourth-order valence-corrected chi connectivity index (χ4v) is 3.50. The maximum atomic E-state index is 11.9. The number of carbonyl (C=O) groups excluding carboxylic acids is 2. The number of carbonyl (C=O) groups is 2. The van der Waals surface area contributed by atoms with Gasteiger partial charge >= 0.3 is 6.03 Å². The molecule has 27 heavy (non-hydrogen) atoms. The molecule has 0 saturated heterocycles. The summed E-state index contributed by atoms with van der Waals surface area (Å²) in [4.78, 5) is 28.1. The fraction of sp³-hybridized carbons (Fsp3) is 0.368. The average Bonchev–Trinajstić information content (AvgIpc) is 3.14. The molecule has 2 aromatic rings. The third kappa shape index (κ3) is 6.56. The van der Waals surface area contributed by atoms with Gasteiger partial charge in [-0.05, 0) is 24.5 Å². The van der Waals surface area contributed by atoms with E-state index in [-0.39, 0.29) is 17.7 Å². The van der Waals surface area contributed by atoms with Crippen LogP contribution in [-0.4, -0.2) is 38.9 Å². The zero-order chi connectivity index (χ0) is 18.9. The SMILES string of the molecule is O=C(CSc1n[nH]c(/C=C/c2ccccc2)n1)NC(=O)NC1CCCCC1. The zero-order valence-electron chi connectivity index (χ0n) is 15.0. The number of hydrogen-bond donors (Lipinski definition) is 3. The Morgan fingerprint density at radius 2 is 1.93 bits per heavy atom. The quantitative estimate of drug-likeness (QED) is 0.663. The van der Waals surface area contributed by atoms with Gasteiger partial charge in [-0.1, -0.05) is 67.4 Å². The van der Waals surface area contributed by atoms with Crippen LogP contribution >= 0.6 is 11.8 Å². The van der Waals surface area contributed by atoms with E-state index in [1.54, 1.807) is 0 Å². The molecule has 0 atom stereocenters. The predicted octanol–water partition coefficient (Wildman–Crippen LogP) is 3.23. The molecule has 0 bridgehead atoms. The van der Waals surface area contributed by atoms with E-state index in [0.717, 1.165) is 31.2 Å². The van der Waals surface area contributed by atoms with Gasteiger partial charge in [0, 0.05) is 6.04 Å². The summed E-state index contributed by atoms with van der Waals surface area (Å²) in [5.74, 6) is 0.328. The molecule has 1 fully saturated rings. The molecule has 1 aromatic heterocycles. The predicted molar refractivity (Wildman–Crippen MR) is 106 cm³/mol. The van der Waals surface area contributed by atoms with Crippen molar-refractivity contribution in [3.8, 4) is 0 Å². The van der Waals surface area contributed by atoms with Gasteiger partial charge in [0.05, 0.1) is 5.75 Å². The number of amides is 3. The van der Waals surface area contributed by atoms with E-state index < -0.39 is 6.03 Å². The molecule has 1 aliphatic carbocycles. The second kappa shape index (κ2) is 9.91.